The molecule has 0 saturated heterocycles. The first-order chi connectivity index (χ1) is 13.1. The lowest BCUT2D eigenvalue weighted by Crippen LogP contribution is -2.14. The Kier molecular flexibility index (Phi) is 6.14. The Hall–Kier alpha value is -2.79. The van der Waals surface area contributed by atoms with Gasteiger partial charge < -0.3 is 10.1 Å². The predicted molar refractivity (Wildman–Crippen MR) is 108 cm³/mol. The number of hydrogen-bond acceptors (Lipinski definition) is 4. The summed E-state index contributed by atoms with van der Waals surface area (Å²) < 4.78 is 5.13. The van der Waals surface area contributed by atoms with Crippen LogP contribution in [0.15, 0.2) is 54.6 Å². The molecule has 0 radical (unpaired) electrons. The van der Waals surface area contributed by atoms with E-state index >= 15 is 0 Å². The highest BCUT2D eigenvalue weighted by atomic mass is 35.5. The third-order valence-corrected chi connectivity index (χ3v) is 4.61. The molecule has 5 nitrogen and oxygen atoms in total. The highest BCUT2D eigenvalue weighted by Gasteiger charge is 2.20. The Morgan fingerprint density at radius 2 is 1.89 bits per heavy atom. The van der Waals surface area contributed by atoms with Gasteiger partial charge in [0.2, 0.25) is 0 Å². The molecule has 2 aromatic carbocycles. The average molecular weight is 384 g/mol. The molecular formula is C21H22ClN3O2. The third-order valence-electron chi connectivity index (χ3n) is 4.32. The molecular weight excluding hydrogens is 362 g/mol. The number of nitrogens with one attached hydrogen (secondary N) is 2. The molecule has 0 amide bonds. The van der Waals surface area contributed by atoms with Gasteiger partial charge in [0, 0.05) is 29.3 Å². The van der Waals surface area contributed by atoms with Crippen molar-refractivity contribution in [1.29, 1.82) is 0 Å². The predicted octanol–water partition coefficient (Wildman–Crippen LogP) is 5.12. The number of hydrogen-bond donors (Lipinski definition) is 2. The number of para-hydroxylation sites is 1. The van der Waals surface area contributed by atoms with Crippen LogP contribution in [0.25, 0.3) is 11.3 Å². The van der Waals surface area contributed by atoms with E-state index in [9.17, 15) is 4.79 Å². The average Bonchev–Trinajstić information content (AvgIpc) is 3.09. The number of H-pyrrole nitrogens is 1. The lowest BCUT2D eigenvalue weighted by Gasteiger charge is -2.16. The standard InChI is InChI=1S/C21H22ClN3O2/c1-3-27-21(26)16-11-7-8-12-17(16)23-13-14(2)18-19(24-25-20(18)22)15-9-5-4-6-10-15/h4-12,14,23H,3,13H2,1-2H3,(H,24,25). The van der Waals surface area contributed by atoms with Gasteiger partial charge in [-0.1, -0.05) is 61.0 Å². The molecule has 6 heteroatoms. The molecule has 1 heterocycles. The number of carbonyl (C=O) groups excluding carboxylic acids is 1. The summed E-state index contributed by atoms with van der Waals surface area (Å²) in [5, 5.41) is 11.1. The second kappa shape index (κ2) is 8.73. The highest BCUT2D eigenvalue weighted by molar-refractivity contribution is 6.30. The number of anilines is 1. The van der Waals surface area contributed by atoms with Crippen molar-refractivity contribution in [3.63, 3.8) is 0 Å². The minimum atomic E-state index is -0.334. The van der Waals surface area contributed by atoms with Crippen LogP contribution in [0.4, 0.5) is 5.69 Å². The van der Waals surface area contributed by atoms with Gasteiger partial charge in [0.1, 0.15) is 5.15 Å². The normalized spacial score (nSPS) is 11.8. The van der Waals surface area contributed by atoms with Crippen LogP contribution in [-0.2, 0) is 4.74 Å². The zero-order valence-corrected chi connectivity index (χ0v) is 16.1. The van der Waals surface area contributed by atoms with E-state index < -0.39 is 0 Å². The maximum atomic E-state index is 12.1. The van der Waals surface area contributed by atoms with Crippen molar-refractivity contribution < 1.29 is 9.53 Å². The number of rotatable bonds is 7. The summed E-state index contributed by atoms with van der Waals surface area (Å²) in [6.45, 7) is 4.80. The molecule has 0 aliphatic carbocycles. The van der Waals surface area contributed by atoms with Gasteiger partial charge in [0.15, 0.2) is 0 Å². The van der Waals surface area contributed by atoms with E-state index in [4.69, 9.17) is 16.3 Å². The largest absolute Gasteiger partial charge is 0.462 e. The van der Waals surface area contributed by atoms with Crippen molar-refractivity contribution in [2.45, 2.75) is 19.8 Å². The van der Waals surface area contributed by atoms with E-state index in [1.54, 1.807) is 13.0 Å². The Morgan fingerprint density at radius 1 is 1.19 bits per heavy atom. The zero-order valence-electron chi connectivity index (χ0n) is 15.3. The molecule has 0 aliphatic rings. The van der Waals surface area contributed by atoms with Crippen molar-refractivity contribution in [1.82, 2.24) is 10.2 Å². The van der Waals surface area contributed by atoms with Crippen molar-refractivity contribution in [3.05, 3.63) is 70.9 Å². The number of ether oxygens (including phenoxy) is 1. The van der Waals surface area contributed by atoms with Crippen LogP contribution >= 0.6 is 11.6 Å². The van der Waals surface area contributed by atoms with E-state index in [0.717, 1.165) is 22.5 Å². The minimum absolute atomic E-state index is 0.0710. The highest BCUT2D eigenvalue weighted by Crippen LogP contribution is 2.33. The summed E-state index contributed by atoms with van der Waals surface area (Å²) in [5.41, 5.74) is 4.06. The van der Waals surface area contributed by atoms with E-state index in [2.05, 4.69) is 22.4 Å². The summed E-state index contributed by atoms with van der Waals surface area (Å²) in [5.74, 6) is -0.263. The van der Waals surface area contributed by atoms with Crippen LogP contribution in [0.5, 0.6) is 0 Å². The van der Waals surface area contributed by atoms with Gasteiger partial charge in [-0.25, -0.2) is 4.79 Å². The molecule has 0 fully saturated rings. The first-order valence-corrected chi connectivity index (χ1v) is 9.28. The summed E-state index contributed by atoms with van der Waals surface area (Å²) in [4.78, 5) is 12.1. The topological polar surface area (TPSA) is 67.0 Å². The van der Waals surface area contributed by atoms with Gasteiger partial charge in [0.05, 0.1) is 17.9 Å². The third kappa shape index (κ3) is 4.31. The summed E-state index contributed by atoms with van der Waals surface area (Å²) in [7, 11) is 0. The minimum Gasteiger partial charge on any atom is -0.462 e. The molecule has 0 aliphatic heterocycles. The fourth-order valence-electron chi connectivity index (χ4n) is 2.98. The molecule has 140 valence electrons. The molecule has 2 N–H and O–H groups in total. The summed E-state index contributed by atoms with van der Waals surface area (Å²) >= 11 is 6.37. The zero-order chi connectivity index (χ0) is 19.2. The SMILES string of the molecule is CCOC(=O)c1ccccc1NCC(C)c1c(-c2ccccc2)n[nH]c1Cl. The first kappa shape index (κ1) is 19.0. The smallest absolute Gasteiger partial charge is 0.340 e. The fraction of sp³-hybridized carbons (Fsp3) is 0.238. The molecule has 0 bridgehead atoms. The van der Waals surface area contributed by atoms with E-state index in [1.165, 1.54) is 0 Å². The first-order valence-electron chi connectivity index (χ1n) is 8.91. The van der Waals surface area contributed by atoms with E-state index in [1.807, 2.05) is 48.5 Å². The quantitative estimate of drug-likeness (QED) is 0.555. The van der Waals surface area contributed by atoms with Crippen LogP contribution in [0, 0.1) is 0 Å². The number of nitrogens with zero attached hydrogens (tertiary/aromatic N) is 1. The fourth-order valence-corrected chi connectivity index (χ4v) is 3.30. The van der Waals surface area contributed by atoms with Crippen molar-refractivity contribution in [3.8, 4) is 11.3 Å². The van der Waals surface area contributed by atoms with Crippen molar-refractivity contribution in [2.24, 2.45) is 0 Å². The van der Waals surface area contributed by atoms with Crippen LogP contribution in [-0.4, -0.2) is 29.3 Å². The van der Waals surface area contributed by atoms with Gasteiger partial charge in [-0.3, -0.25) is 5.10 Å². The summed E-state index contributed by atoms with van der Waals surface area (Å²) in [6, 6.07) is 17.3. The number of aromatic nitrogens is 2. The maximum Gasteiger partial charge on any atom is 0.340 e. The van der Waals surface area contributed by atoms with Gasteiger partial charge in [-0.15, -0.1) is 0 Å². The Morgan fingerprint density at radius 3 is 2.63 bits per heavy atom. The molecule has 1 aromatic heterocycles. The molecule has 3 rings (SSSR count). The van der Waals surface area contributed by atoms with Crippen molar-refractivity contribution in [2.75, 3.05) is 18.5 Å². The summed E-state index contributed by atoms with van der Waals surface area (Å²) in [6.07, 6.45) is 0. The lowest BCUT2D eigenvalue weighted by atomic mass is 9.97. The van der Waals surface area contributed by atoms with Crippen LogP contribution in [0.2, 0.25) is 5.15 Å². The van der Waals surface area contributed by atoms with Gasteiger partial charge in [-0.05, 0) is 19.1 Å². The lowest BCUT2D eigenvalue weighted by molar-refractivity contribution is 0.0527. The van der Waals surface area contributed by atoms with Crippen LogP contribution in [0.3, 0.4) is 0 Å². The maximum absolute atomic E-state index is 12.1. The Balaban J connectivity index is 1.79. The van der Waals surface area contributed by atoms with Crippen molar-refractivity contribution >= 4 is 23.3 Å². The Labute approximate surface area is 163 Å². The second-order valence-electron chi connectivity index (χ2n) is 6.21. The molecule has 0 spiro atoms. The number of halogens is 1. The molecule has 27 heavy (non-hydrogen) atoms. The monoisotopic (exact) mass is 383 g/mol. The molecule has 3 aromatic rings. The van der Waals surface area contributed by atoms with E-state index in [-0.39, 0.29) is 11.9 Å². The second-order valence-corrected chi connectivity index (χ2v) is 6.59. The van der Waals surface area contributed by atoms with Crippen LogP contribution < -0.4 is 5.32 Å². The molecule has 1 unspecified atom stereocenters. The van der Waals surface area contributed by atoms with Gasteiger partial charge >= 0.3 is 5.97 Å². The van der Waals surface area contributed by atoms with Gasteiger partial charge in [0.25, 0.3) is 0 Å². The van der Waals surface area contributed by atoms with Crippen LogP contribution in [0.1, 0.15) is 35.7 Å². The number of aromatic amines is 1. The Bertz CT molecular complexity index is 909. The number of benzene rings is 2. The molecule has 0 saturated carbocycles. The number of carbonyl (C=O) groups is 1. The molecule has 1 atom stereocenters. The number of esters is 1. The van der Waals surface area contributed by atoms with Gasteiger partial charge in [-0.2, -0.15) is 5.10 Å². The van der Waals surface area contributed by atoms with E-state index in [0.29, 0.717) is 23.9 Å².